The highest BCUT2D eigenvalue weighted by atomic mass is 16.2. The van der Waals surface area contributed by atoms with Gasteiger partial charge in [0.1, 0.15) is 0 Å². The Morgan fingerprint density at radius 3 is 2.65 bits per heavy atom. The summed E-state index contributed by atoms with van der Waals surface area (Å²) in [6.45, 7) is 4.43. The van der Waals surface area contributed by atoms with Crippen LogP contribution in [0, 0.1) is 11.3 Å². The van der Waals surface area contributed by atoms with E-state index >= 15 is 0 Å². The number of amides is 2. The standard InChI is InChI=1S/C15H27N3O2/c1-15(6-2-3-7-15)14(20)18-10-4-5-12(11-18)13(19)17-9-8-16/h12H,2-11,16H2,1H3,(H,17,19). The molecule has 5 nitrogen and oxygen atoms in total. The van der Waals surface area contributed by atoms with E-state index in [1.54, 1.807) is 0 Å². The van der Waals surface area contributed by atoms with Gasteiger partial charge in [0, 0.05) is 31.6 Å². The van der Waals surface area contributed by atoms with E-state index in [0.29, 0.717) is 19.6 Å². The monoisotopic (exact) mass is 281 g/mol. The first-order valence-corrected chi connectivity index (χ1v) is 7.84. The molecular formula is C15H27N3O2. The van der Waals surface area contributed by atoms with Crippen LogP contribution in [-0.2, 0) is 9.59 Å². The Hall–Kier alpha value is -1.10. The number of rotatable bonds is 4. The summed E-state index contributed by atoms with van der Waals surface area (Å²) in [5, 5.41) is 2.84. The molecule has 1 aliphatic heterocycles. The largest absolute Gasteiger partial charge is 0.355 e. The summed E-state index contributed by atoms with van der Waals surface area (Å²) in [6.07, 6.45) is 6.07. The molecule has 1 unspecified atom stereocenters. The lowest BCUT2D eigenvalue weighted by Crippen LogP contribution is -2.49. The molecule has 1 saturated heterocycles. The van der Waals surface area contributed by atoms with E-state index in [1.807, 2.05) is 4.90 Å². The average molecular weight is 281 g/mol. The van der Waals surface area contributed by atoms with E-state index in [0.717, 1.165) is 45.1 Å². The Balaban J connectivity index is 1.92. The first kappa shape index (κ1) is 15.3. The summed E-state index contributed by atoms with van der Waals surface area (Å²) in [5.41, 5.74) is 5.22. The molecule has 0 aromatic carbocycles. The second-order valence-electron chi connectivity index (χ2n) is 6.44. The lowest BCUT2D eigenvalue weighted by atomic mass is 9.85. The normalized spacial score (nSPS) is 25.5. The van der Waals surface area contributed by atoms with Crippen molar-refractivity contribution in [2.24, 2.45) is 17.1 Å². The highest BCUT2D eigenvalue weighted by Crippen LogP contribution is 2.39. The molecule has 0 spiro atoms. The second-order valence-corrected chi connectivity index (χ2v) is 6.44. The van der Waals surface area contributed by atoms with Gasteiger partial charge in [-0.3, -0.25) is 9.59 Å². The third-order valence-corrected chi connectivity index (χ3v) is 4.75. The Kier molecular flexibility index (Phi) is 5.02. The minimum atomic E-state index is -0.185. The van der Waals surface area contributed by atoms with Crippen LogP contribution < -0.4 is 11.1 Å². The van der Waals surface area contributed by atoms with Crippen LogP contribution in [0.15, 0.2) is 0 Å². The molecule has 2 fully saturated rings. The van der Waals surface area contributed by atoms with Crippen LogP contribution in [-0.4, -0.2) is 42.9 Å². The number of hydrogen-bond acceptors (Lipinski definition) is 3. The topological polar surface area (TPSA) is 75.4 Å². The summed E-state index contributed by atoms with van der Waals surface area (Å²) in [4.78, 5) is 26.6. The number of hydrogen-bond donors (Lipinski definition) is 2. The van der Waals surface area contributed by atoms with Crippen molar-refractivity contribution in [3.8, 4) is 0 Å². The van der Waals surface area contributed by atoms with E-state index in [4.69, 9.17) is 5.73 Å². The fraction of sp³-hybridized carbons (Fsp3) is 0.867. The minimum Gasteiger partial charge on any atom is -0.355 e. The summed E-state index contributed by atoms with van der Waals surface area (Å²) in [5.74, 6) is 0.236. The van der Waals surface area contributed by atoms with Gasteiger partial charge in [-0.25, -0.2) is 0 Å². The highest BCUT2D eigenvalue weighted by molar-refractivity contribution is 5.84. The SMILES string of the molecule is CC1(C(=O)N2CCCC(C(=O)NCCN)C2)CCCC1. The Morgan fingerprint density at radius 1 is 1.30 bits per heavy atom. The zero-order valence-corrected chi connectivity index (χ0v) is 12.5. The van der Waals surface area contributed by atoms with Gasteiger partial charge in [-0.2, -0.15) is 0 Å². The molecule has 0 aromatic heterocycles. The quantitative estimate of drug-likeness (QED) is 0.803. The summed E-state index contributed by atoms with van der Waals surface area (Å²) in [6, 6.07) is 0. The van der Waals surface area contributed by atoms with E-state index in [2.05, 4.69) is 12.2 Å². The maximum atomic E-state index is 12.7. The van der Waals surface area contributed by atoms with Gasteiger partial charge >= 0.3 is 0 Å². The van der Waals surface area contributed by atoms with Crippen LogP contribution in [0.5, 0.6) is 0 Å². The van der Waals surface area contributed by atoms with Crippen LogP contribution in [0.1, 0.15) is 45.4 Å². The maximum Gasteiger partial charge on any atom is 0.228 e. The minimum absolute atomic E-state index is 0.0459. The molecule has 1 atom stereocenters. The lowest BCUT2D eigenvalue weighted by molar-refractivity contribution is -0.144. The molecule has 1 aliphatic carbocycles. The third kappa shape index (κ3) is 3.32. The first-order chi connectivity index (χ1) is 9.57. The number of nitrogens with two attached hydrogens (primary N) is 1. The van der Waals surface area contributed by atoms with Crippen LogP contribution in [0.25, 0.3) is 0 Å². The number of carbonyl (C=O) groups is 2. The van der Waals surface area contributed by atoms with Crippen molar-refractivity contribution in [1.82, 2.24) is 10.2 Å². The molecule has 1 saturated carbocycles. The van der Waals surface area contributed by atoms with Gasteiger partial charge in [-0.1, -0.05) is 19.8 Å². The molecule has 0 aromatic rings. The van der Waals surface area contributed by atoms with Crippen LogP contribution in [0.3, 0.4) is 0 Å². The Bertz CT molecular complexity index is 364. The number of nitrogens with one attached hydrogen (secondary N) is 1. The predicted molar refractivity (Wildman–Crippen MR) is 77.9 cm³/mol. The average Bonchev–Trinajstić information content (AvgIpc) is 2.92. The molecule has 114 valence electrons. The van der Waals surface area contributed by atoms with Crippen molar-refractivity contribution in [2.45, 2.75) is 45.4 Å². The van der Waals surface area contributed by atoms with Gasteiger partial charge < -0.3 is 16.0 Å². The van der Waals surface area contributed by atoms with Crippen molar-refractivity contribution in [3.05, 3.63) is 0 Å². The lowest BCUT2D eigenvalue weighted by Gasteiger charge is -2.37. The summed E-state index contributed by atoms with van der Waals surface area (Å²) >= 11 is 0. The zero-order chi connectivity index (χ0) is 14.6. The fourth-order valence-electron chi connectivity index (χ4n) is 3.47. The van der Waals surface area contributed by atoms with Crippen LogP contribution >= 0.6 is 0 Å². The molecule has 1 heterocycles. The molecule has 0 radical (unpaired) electrons. The van der Waals surface area contributed by atoms with E-state index in [9.17, 15) is 9.59 Å². The summed E-state index contributed by atoms with van der Waals surface area (Å²) < 4.78 is 0. The van der Waals surface area contributed by atoms with E-state index in [1.165, 1.54) is 0 Å². The van der Waals surface area contributed by atoms with Crippen molar-refractivity contribution in [1.29, 1.82) is 0 Å². The molecule has 2 aliphatic rings. The van der Waals surface area contributed by atoms with Crippen molar-refractivity contribution >= 4 is 11.8 Å². The molecule has 5 heteroatoms. The number of likely N-dealkylation sites (tertiary alicyclic amines) is 1. The van der Waals surface area contributed by atoms with Gasteiger partial charge in [-0.15, -0.1) is 0 Å². The smallest absolute Gasteiger partial charge is 0.228 e. The van der Waals surface area contributed by atoms with Crippen molar-refractivity contribution in [2.75, 3.05) is 26.2 Å². The van der Waals surface area contributed by atoms with Gasteiger partial charge in [0.2, 0.25) is 11.8 Å². The van der Waals surface area contributed by atoms with Crippen LogP contribution in [0.2, 0.25) is 0 Å². The Labute approximate surface area is 121 Å². The number of piperidine rings is 1. The molecule has 2 amide bonds. The summed E-state index contributed by atoms with van der Waals surface area (Å²) in [7, 11) is 0. The molecule has 3 N–H and O–H groups in total. The van der Waals surface area contributed by atoms with Crippen LogP contribution in [0.4, 0.5) is 0 Å². The molecule has 20 heavy (non-hydrogen) atoms. The van der Waals surface area contributed by atoms with Gasteiger partial charge in [-0.05, 0) is 25.7 Å². The second kappa shape index (κ2) is 6.57. The third-order valence-electron chi connectivity index (χ3n) is 4.75. The zero-order valence-electron chi connectivity index (χ0n) is 12.5. The fourth-order valence-corrected chi connectivity index (χ4v) is 3.47. The molecular weight excluding hydrogens is 254 g/mol. The number of nitrogens with zero attached hydrogens (tertiary/aromatic N) is 1. The van der Waals surface area contributed by atoms with Gasteiger partial charge in [0.25, 0.3) is 0 Å². The highest BCUT2D eigenvalue weighted by Gasteiger charge is 2.40. The van der Waals surface area contributed by atoms with E-state index < -0.39 is 0 Å². The van der Waals surface area contributed by atoms with Crippen molar-refractivity contribution < 1.29 is 9.59 Å². The molecule has 0 bridgehead atoms. The predicted octanol–water partition coefficient (Wildman–Crippen LogP) is 0.880. The van der Waals surface area contributed by atoms with Crippen molar-refractivity contribution in [3.63, 3.8) is 0 Å². The van der Waals surface area contributed by atoms with E-state index in [-0.39, 0.29) is 23.1 Å². The maximum absolute atomic E-state index is 12.7. The number of carbonyl (C=O) groups excluding carboxylic acids is 2. The van der Waals surface area contributed by atoms with Gasteiger partial charge in [0.05, 0.1) is 5.92 Å². The Morgan fingerprint density at radius 2 is 2.00 bits per heavy atom. The van der Waals surface area contributed by atoms with Gasteiger partial charge in [0.15, 0.2) is 0 Å². The molecule has 2 rings (SSSR count). The first-order valence-electron chi connectivity index (χ1n) is 7.84.